The fraction of sp³-hybridized carbons (Fsp3) is 0.474. The van der Waals surface area contributed by atoms with Crippen molar-refractivity contribution in [3.63, 3.8) is 0 Å². The van der Waals surface area contributed by atoms with E-state index in [-0.39, 0.29) is 0 Å². The molecule has 0 heterocycles. The predicted octanol–water partition coefficient (Wildman–Crippen LogP) is 6.50. The van der Waals surface area contributed by atoms with Gasteiger partial charge in [0.2, 0.25) is 0 Å². The van der Waals surface area contributed by atoms with Gasteiger partial charge in [-0.3, -0.25) is 0 Å². The first kappa shape index (κ1) is 22.7. The minimum atomic E-state index is -0.826. The molecule has 0 bridgehead atoms. The van der Waals surface area contributed by atoms with Gasteiger partial charge in [0.25, 0.3) is 0 Å². The summed E-state index contributed by atoms with van der Waals surface area (Å²) < 4.78 is 0. The van der Waals surface area contributed by atoms with Gasteiger partial charge in [-0.1, -0.05) is 61.9 Å². The van der Waals surface area contributed by atoms with Crippen molar-refractivity contribution in [1.29, 1.82) is 0 Å². The van der Waals surface area contributed by atoms with E-state index >= 15 is 0 Å². The third-order valence-electron chi connectivity index (χ3n) is 5.62. The number of hydrogen-bond acceptors (Lipinski definition) is 0. The standard InChI is InChI=1S/C19H27Si.2ClH.Zr/c1-10-11(2)15(6)18(14(10)5)20(9)19-16(7)12(3)13(4)17(19)8;;;/h1-9H3;2*1H;/q;;;+4/p-2. The van der Waals surface area contributed by atoms with Crippen molar-refractivity contribution in [3.05, 3.63) is 58.4 Å². The third-order valence-corrected chi connectivity index (χ3v) is 8.62. The summed E-state index contributed by atoms with van der Waals surface area (Å²) in [7, 11) is 9.20. The zero-order chi connectivity index (χ0) is 18.1. The van der Waals surface area contributed by atoms with Gasteiger partial charge in [-0.2, -0.15) is 0 Å². The van der Waals surface area contributed by atoms with E-state index in [1.807, 2.05) is 0 Å². The summed E-state index contributed by atoms with van der Waals surface area (Å²) in [4.78, 5) is 0. The molecule has 0 unspecified atom stereocenters. The second-order valence-corrected chi connectivity index (χ2v) is 12.4. The molecule has 2 fully saturated rings. The molecule has 0 aromatic carbocycles. The van der Waals surface area contributed by atoms with Gasteiger partial charge in [-0.05, 0) is 58.4 Å². The summed E-state index contributed by atoms with van der Waals surface area (Å²) in [6.07, 6.45) is 0. The van der Waals surface area contributed by atoms with Crippen molar-refractivity contribution in [1.82, 2.24) is 0 Å². The molecule has 123 valence electrons. The molecular formula is C19H27Cl2SiZr+2. The Labute approximate surface area is 166 Å². The summed E-state index contributed by atoms with van der Waals surface area (Å²) in [5, 5.41) is 0. The van der Waals surface area contributed by atoms with Crippen LogP contribution in [0.5, 0.6) is 0 Å². The maximum absolute atomic E-state index is 4.93. The molecule has 0 nitrogen and oxygen atoms in total. The summed E-state index contributed by atoms with van der Waals surface area (Å²) in [6.45, 7) is 20.8. The number of halogens is 2. The van der Waals surface area contributed by atoms with E-state index < -0.39 is 29.6 Å². The molecule has 0 spiro atoms. The van der Waals surface area contributed by atoms with Crippen LogP contribution >= 0.6 is 17.0 Å². The van der Waals surface area contributed by atoms with Gasteiger partial charge in [0.1, 0.15) is 0 Å². The van der Waals surface area contributed by atoms with Crippen LogP contribution in [0.15, 0.2) is 0 Å². The van der Waals surface area contributed by atoms with Crippen molar-refractivity contribution in [2.24, 2.45) is 0 Å². The van der Waals surface area contributed by atoms with Gasteiger partial charge in [0.15, 0.2) is 0 Å². The average molecular weight is 446 g/mol. The molecule has 0 N–H and O–H groups in total. The van der Waals surface area contributed by atoms with E-state index in [1.54, 1.807) is 11.1 Å². The average Bonchev–Trinajstić information content (AvgIpc) is 2.81. The zero-order valence-corrected chi connectivity index (χ0v) is 20.7. The second-order valence-electron chi connectivity index (χ2n) is 6.45. The monoisotopic (exact) mass is 443 g/mol. The SMILES string of the molecule is C[C]1[C](C)[C](C)[C]([Si](C)[C]2[C](C)[C](C)[C](C)[C]2C)[C]1C.[Cl][Zr+2][Cl]. The van der Waals surface area contributed by atoms with E-state index in [1.165, 1.54) is 47.3 Å². The molecule has 0 aliphatic heterocycles. The quantitative estimate of drug-likeness (QED) is 0.426. The zero-order valence-electron chi connectivity index (χ0n) is 15.8. The molecule has 2 saturated carbocycles. The van der Waals surface area contributed by atoms with E-state index in [0.717, 1.165) is 0 Å². The Morgan fingerprint density at radius 3 is 0.870 bits per heavy atom. The van der Waals surface area contributed by atoms with Gasteiger partial charge in [-0.15, -0.1) is 0 Å². The topological polar surface area (TPSA) is 0 Å². The Balaban J connectivity index is 0.000000816. The Bertz CT molecular complexity index is 307. The molecule has 0 saturated heterocycles. The fourth-order valence-corrected chi connectivity index (χ4v) is 6.94. The fourth-order valence-electron chi connectivity index (χ4n) is 3.69. The first-order valence-electron chi connectivity index (χ1n) is 7.88. The van der Waals surface area contributed by atoms with Crippen LogP contribution in [0.4, 0.5) is 0 Å². The maximum atomic E-state index is 4.93. The van der Waals surface area contributed by atoms with E-state index in [2.05, 4.69) is 61.9 Å². The summed E-state index contributed by atoms with van der Waals surface area (Å²) in [5.74, 6) is 12.1. The van der Waals surface area contributed by atoms with Crippen LogP contribution in [0.2, 0.25) is 6.55 Å². The molecule has 0 aromatic rings. The molecule has 0 aromatic heterocycles. The normalized spacial score (nSPS) is 26.3. The van der Waals surface area contributed by atoms with Crippen molar-refractivity contribution < 1.29 is 20.8 Å². The Morgan fingerprint density at radius 2 is 0.696 bits per heavy atom. The molecule has 2 aliphatic carbocycles. The summed E-state index contributed by atoms with van der Waals surface area (Å²) in [5.41, 5.74) is 3.31. The van der Waals surface area contributed by atoms with E-state index in [0.29, 0.717) is 0 Å². The van der Waals surface area contributed by atoms with Crippen molar-refractivity contribution in [2.45, 2.75) is 61.9 Å². The number of hydrogen-bond donors (Lipinski definition) is 0. The van der Waals surface area contributed by atoms with Crippen LogP contribution in [-0.2, 0) is 20.8 Å². The summed E-state index contributed by atoms with van der Waals surface area (Å²) in [6, 6.07) is 0. The molecule has 2 rings (SSSR count). The Hall–Kier alpha value is 1.68. The van der Waals surface area contributed by atoms with Gasteiger partial charge >= 0.3 is 37.9 Å². The predicted molar refractivity (Wildman–Crippen MR) is 101 cm³/mol. The Kier molecular flexibility index (Phi) is 9.45. The first-order chi connectivity index (χ1) is 10.6. The van der Waals surface area contributed by atoms with Gasteiger partial charge < -0.3 is 0 Å². The van der Waals surface area contributed by atoms with Crippen LogP contribution in [-0.4, -0.2) is 8.80 Å². The number of rotatable bonds is 2. The van der Waals surface area contributed by atoms with Gasteiger partial charge in [0.05, 0.1) is 8.80 Å². The van der Waals surface area contributed by atoms with Crippen LogP contribution in [0.1, 0.15) is 55.4 Å². The molecule has 2 aliphatic rings. The van der Waals surface area contributed by atoms with Crippen molar-refractivity contribution in [2.75, 3.05) is 0 Å². The van der Waals surface area contributed by atoms with E-state index in [4.69, 9.17) is 17.0 Å². The van der Waals surface area contributed by atoms with Crippen LogP contribution in [0.3, 0.4) is 0 Å². The van der Waals surface area contributed by atoms with Crippen LogP contribution in [0.25, 0.3) is 0 Å². The van der Waals surface area contributed by atoms with Crippen molar-refractivity contribution in [3.8, 4) is 0 Å². The first-order valence-corrected chi connectivity index (χ1v) is 16.2. The van der Waals surface area contributed by atoms with Crippen LogP contribution < -0.4 is 0 Å². The third kappa shape index (κ3) is 4.51. The van der Waals surface area contributed by atoms with Crippen molar-refractivity contribution >= 4 is 25.8 Å². The second kappa shape index (κ2) is 9.57. The summed E-state index contributed by atoms with van der Waals surface area (Å²) >= 11 is -0.826. The molecule has 0 amide bonds. The molecule has 0 atom stereocenters. The van der Waals surface area contributed by atoms with Gasteiger partial charge in [-0.25, -0.2) is 0 Å². The minimum absolute atomic E-state index is 0.668. The van der Waals surface area contributed by atoms with Gasteiger partial charge in [0, 0.05) is 0 Å². The molecule has 23 heavy (non-hydrogen) atoms. The van der Waals surface area contributed by atoms with Crippen LogP contribution in [0, 0.1) is 58.4 Å². The molecule has 11 radical (unpaired) electrons. The molecule has 4 heteroatoms. The van der Waals surface area contributed by atoms with E-state index in [9.17, 15) is 0 Å². The molecular weight excluding hydrogens is 418 g/mol. The Morgan fingerprint density at radius 1 is 0.522 bits per heavy atom.